The molecule has 2 amide bonds. The van der Waals surface area contributed by atoms with Crippen LogP contribution >= 0.6 is 0 Å². The molecule has 10 heteroatoms. The Bertz CT molecular complexity index is 994. The number of amides is 2. The first-order valence-electron chi connectivity index (χ1n) is 11.0. The predicted octanol–water partition coefficient (Wildman–Crippen LogP) is 2.37. The van der Waals surface area contributed by atoms with E-state index in [9.17, 15) is 19.2 Å². The molecule has 3 N–H and O–H groups in total. The summed E-state index contributed by atoms with van der Waals surface area (Å²) in [7, 11) is 0. The summed E-state index contributed by atoms with van der Waals surface area (Å²) in [6.07, 6.45) is 1.53. The molecule has 1 heterocycles. The molecule has 0 spiro atoms. The second kappa shape index (κ2) is 12.0. The van der Waals surface area contributed by atoms with Gasteiger partial charge in [0.15, 0.2) is 5.69 Å². The highest BCUT2D eigenvalue weighted by Crippen LogP contribution is 2.14. The van der Waals surface area contributed by atoms with Crippen molar-refractivity contribution >= 4 is 23.8 Å². The second-order valence-corrected chi connectivity index (χ2v) is 9.14. The van der Waals surface area contributed by atoms with E-state index in [1.165, 1.54) is 6.33 Å². The molecule has 0 saturated heterocycles. The standard InChI is InChI=1S/C24H32N4O6/c1-15(2)11-17(23(32)34-24(3,4)5)28-22(31)20-19(26-14-27-20)21(30)25-12-18(29)33-13-16-9-7-6-8-10-16/h6-10,14-15,17H,11-13H2,1-5H3,(H,25,30)(H,26,27)(H,28,31)/t17-/m0/s1. The summed E-state index contributed by atoms with van der Waals surface area (Å²) < 4.78 is 10.5. The molecule has 0 aliphatic carbocycles. The fraction of sp³-hybridized carbons (Fsp3) is 0.458. The Balaban J connectivity index is 1.97. The number of hydrogen-bond acceptors (Lipinski definition) is 7. The van der Waals surface area contributed by atoms with Gasteiger partial charge in [-0.25, -0.2) is 9.78 Å². The number of esters is 2. The Labute approximate surface area is 198 Å². The monoisotopic (exact) mass is 472 g/mol. The minimum Gasteiger partial charge on any atom is -0.460 e. The first kappa shape index (κ1) is 26.6. The van der Waals surface area contributed by atoms with E-state index in [4.69, 9.17) is 9.47 Å². The zero-order valence-electron chi connectivity index (χ0n) is 20.1. The molecule has 1 atom stereocenters. The van der Waals surface area contributed by atoms with Crippen molar-refractivity contribution in [2.45, 2.75) is 59.3 Å². The van der Waals surface area contributed by atoms with E-state index in [1.807, 2.05) is 44.2 Å². The average Bonchev–Trinajstić information content (AvgIpc) is 3.25. The van der Waals surface area contributed by atoms with Crippen molar-refractivity contribution in [2.75, 3.05) is 6.54 Å². The molecule has 10 nitrogen and oxygen atoms in total. The van der Waals surface area contributed by atoms with E-state index in [0.717, 1.165) is 5.56 Å². The van der Waals surface area contributed by atoms with Gasteiger partial charge in [0.05, 0.1) is 6.33 Å². The molecule has 34 heavy (non-hydrogen) atoms. The molecule has 2 aromatic rings. The maximum atomic E-state index is 12.8. The van der Waals surface area contributed by atoms with Crippen LogP contribution in [0.1, 0.15) is 67.6 Å². The van der Waals surface area contributed by atoms with E-state index in [1.54, 1.807) is 20.8 Å². The first-order chi connectivity index (χ1) is 16.0. The van der Waals surface area contributed by atoms with Gasteiger partial charge in [-0.1, -0.05) is 44.2 Å². The van der Waals surface area contributed by atoms with Crippen molar-refractivity contribution in [3.63, 3.8) is 0 Å². The Morgan fingerprint density at radius 1 is 1.06 bits per heavy atom. The third-order valence-corrected chi connectivity index (χ3v) is 4.42. The molecule has 1 aromatic heterocycles. The number of nitrogens with zero attached hydrogens (tertiary/aromatic N) is 1. The largest absolute Gasteiger partial charge is 0.460 e. The Morgan fingerprint density at radius 2 is 1.74 bits per heavy atom. The number of aromatic amines is 1. The molecule has 184 valence electrons. The van der Waals surface area contributed by atoms with Crippen LogP contribution in [-0.4, -0.2) is 51.9 Å². The van der Waals surface area contributed by atoms with Gasteiger partial charge < -0.3 is 25.1 Å². The summed E-state index contributed by atoms with van der Waals surface area (Å²) in [5, 5.41) is 5.00. The molecular weight excluding hydrogens is 440 g/mol. The third kappa shape index (κ3) is 8.68. The van der Waals surface area contributed by atoms with Crippen LogP contribution in [0.25, 0.3) is 0 Å². The van der Waals surface area contributed by atoms with Crippen molar-refractivity contribution in [3.05, 3.63) is 53.6 Å². The lowest BCUT2D eigenvalue weighted by atomic mass is 10.0. The number of hydrogen-bond donors (Lipinski definition) is 3. The van der Waals surface area contributed by atoms with E-state index in [2.05, 4.69) is 20.6 Å². The maximum absolute atomic E-state index is 12.8. The molecule has 1 aromatic carbocycles. The van der Waals surface area contributed by atoms with Crippen molar-refractivity contribution in [1.82, 2.24) is 20.6 Å². The molecule has 0 aliphatic heterocycles. The number of carbonyl (C=O) groups is 4. The van der Waals surface area contributed by atoms with Crippen LogP contribution in [0.5, 0.6) is 0 Å². The third-order valence-electron chi connectivity index (χ3n) is 4.42. The highest BCUT2D eigenvalue weighted by molar-refractivity contribution is 6.06. The van der Waals surface area contributed by atoms with Crippen LogP contribution < -0.4 is 10.6 Å². The smallest absolute Gasteiger partial charge is 0.329 e. The van der Waals surface area contributed by atoms with Crippen LogP contribution in [0.3, 0.4) is 0 Å². The fourth-order valence-electron chi connectivity index (χ4n) is 2.95. The lowest BCUT2D eigenvalue weighted by Crippen LogP contribution is -2.45. The second-order valence-electron chi connectivity index (χ2n) is 9.14. The summed E-state index contributed by atoms with van der Waals surface area (Å²) in [6.45, 7) is 8.72. The van der Waals surface area contributed by atoms with Gasteiger partial charge >= 0.3 is 11.9 Å². The summed E-state index contributed by atoms with van der Waals surface area (Å²) in [5.41, 5.74) is -0.243. The van der Waals surface area contributed by atoms with Gasteiger partial charge in [0.25, 0.3) is 11.8 Å². The van der Waals surface area contributed by atoms with Gasteiger partial charge in [0.2, 0.25) is 0 Å². The Morgan fingerprint density at radius 3 is 2.35 bits per heavy atom. The zero-order valence-corrected chi connectivity index (χ0v) is 20.1. The van der Waals surface area contributed by atoms with Gasteiger partial charge in [0, 0.05) is 0 Å². The van der Waals surface area contributed by atoms with Crippen molar-refractivity contribution in [1.29, 1.82) is 0 Å². The Kier molecular flexibility index (Phi) is 9.35. The van der Waals surface area contributed by atoms with Gasteiger partial charge in [-0.05, 0) is 38.7 Å². The highest BCUT2D eigenvalue weighted by Gasteiger charge is 2.30. The Hall–Kier alpha value is -3.69. The number of benzene rings is 1. The van der Waals surface area contributed by atoms with Gasteiger partial charge in [-0.3, -0.25) is 14.4 Å². The van der Waals surface area contributed by atoms with E-state index in [-0.39, 0.29) is 30.5 Å². The van der Waals surface area contributed by atoms with Crippen molar-refractivity contribution in [2.24, 2.45) is 5.92 Å². The van der Waals surface area contributed by atoms with Crippen LogP contribution in [0.4, 0.5) is 0 Å². The number of carbonyl (C=O) groups excluding carboxylic acids is 4. The number of ether oxygens (including phenoxy) is 2. The van der Waals surface area contributed by atoms with Crippen molar-refractivity contribution < 1.29 is 28.7 Å². The molecule has 0 aliphatic rings. The van der Waals surface area contributed by atoms with Gasteiger partial charge in [0.1, 0.15) is 30.5 Å². The normalized spacial score (nSPS) is 12.1. The average molecular weight is 473 g/mol. The summed E-state index contributed by atoms with van der Waals surface area (Å²) in [5.74, 6) is -2.53. The highest BCUT2D eigenvalue weighted by atomic mass is 16.6. The molecule has 0 fully saturated rings. The number of nitrogens with one attached hydrogen (secondary N) is 3. The summed E-state index contributed by atoms with van der Waals surface area (Å²) >= 11 is 0. The van der Waals surface area contributed by atoms with Crippen LogP contribution in [0.2, 0.25) is 0 Å². The lowest BCUT2D eigenvalue weighted by Gasteiger charge is -2.25. The van der Waals surface area contributed by atoms with Gasteiger partial charge in [-0.2, -0.15) is 0 Å². The van der Waals surface area contributed by atoms with Crippen LogP contribution in [-0.2, 0) is 25.7 Å². The fourth-order valence-corrected chi connectivity index (χ4v) is 2.95. The van der Waals surface area contributed by atoms with E-state index >= 15 is 0 Å². The number of rotatable bonds is 10. The molecule has 2 rings (SSSR count). The van der Waals surface area contributed by atoms with E-state index in [0.29, 0.717) is 6.42 Å². The molecular formula is C24H32N4O6. The molecule has 0 radical (unpaired) electrons. The number of H-pyrrole nitrogens is 1. The predicted molar refractivity (Wildman–Crippen MR) is 124 cm³/mol. The summed E-state index contributed by atoms with van der Waals surface area (Å²) in [6, 6.07) is 8.21. The van der Waals surface area contributed by atoms with Crippen molar-refractivity contribution in [3.8, 4) is 0 Å². The zero-order chi connectivity index (χ0) is 25.3. The minimum atomic E-state index is -0.910. The minimum absolute atomic E-state index is 0.0785. The lowest BCUT2D eigenvalue weighted by molar-refractivity contribution is -0.157. The van der Waals surface area contributed by atoms with Crippen LogP contribution in [0.15, 0.2) is 36.7 Å². The molecule has 0 unspecified atom stereocenters. The van der Waals surface area contributed by atoms with E-state index < -0.39 is 35.4 Å². The van der Waals surface area contributed by atoms with Crippen LogP contribution in [0, 0.1) is 5.92 Å². The SMILES string of the molecule is CC(C)C[C@H](NC(=O)c1nc[nH]c1C(=O)NCC(=O)OCc1ccccc1)C(=O)OC(C)(C)C. The topological polar surface area (TPSA) is 139 Å². The number of imidazole rings is 1. The number of aromatic nitrogens is 2. The molecule has 0 saturated carbocycles. The first-order valence-corrected chi connectivity index (χ1v) is 11.0. The molecule has 0 bridgehead atoms. The quantitative estimate of drug-likeness (QED) is 0.451. The maximum Gasteiger partial charge on any atom is 0.329 e. The summed E-state index contributed by atoms with van der Waals surface area (Å²) in [4.78, 5) is 56.4. The van der Waals surface area contributed by atoms with Gasteiger partial charge in [-0.15, -0.1) is 0 Å².